The summed E-state index contributed by atoms with van der Waals surface area (Å²) in [5.74, 6) is -0.453. The van der Waals surface area contributed by atoms with Crippen molar-refractivity contribution in [3.8, 4) is 0 Å². The molecule has 0 spiro atoms. The van der Waals surface area contributed by atoms with E-state index >= 15 is 0 Å². The van der Waals surface area contributed by atoms with Crippen molar-refractivity contribution in [2.45, 2.75) is 45.3 Å². The molecule has 18 heavy (non-hydrogen) atoms. The van der Waals surface area contributed by atoms with E-state index in [-0.39, 0.29) is 12.2 Å². The van der Waals surface area contributed by atoms with Crippen LogP contribution in [0.5, 0.6) is 0 Å². The van der Waals surface area contributed by atoms with Crippen molar-refractivity contribution in [2.24, 2.45) is 0 Å². The molecule has 0 radical (unpaired) electrons. The fourth-order valence-corrected chi connectivity index (χ4v) is 1.74. The van der Waals surface area contributed by atoms with Crippen LogP contribution in [0.1, 0.15) is 33.6 Å². The quantitative estimate of drug-likeness (QED) is 0.560. The molecule has 1 saturated heterocycles. The predicted molar refractivity (Wildman–Crippen MR) is 67.1 cm³/mol. The summed E-state index contributed by atoms with van der Waals surface area (Å²) < 4.78 is 10.4. The highest BCUT2D eigenvalue weighted by atomic mass is 16.6. The van der Waals surface area contributed by atoms with Crippen LogP contribution >= 0.6 is 0 Å². The molecule has 1 amide bonds. The summed E-state index contributed by atoms with van der Waals surface area (Å²) in [6, 6.07) is 0. The fourth-order valence-electron chi connectivity index (χ4n) is 1.74. The van der Waals surface area contributed by atoms with Crippen LogP contribution in [0.15, 0.2) is 12.7 Å². The Morgan fingerprint density at radius 2 is 2.06 bits per heavy atom. The number of hydrogen-bond acceptors (Lipinski definition) is 4. The van der Waals surface area contributed by atoms with Gasteiger partial charge in [-0.05, 0) is 33.6 Å². The maximum absolute atomic E-state index is 11.9. The highest BCUT2D eigenvalue weighted by molar-refractivity contribution is 5.81. The van der Waals surface area contributed by atoms with Crippen LogP contribution in [-0.2, 0) is 14.3 Å². The number of piperidine rings is 1. The molecule has 0 aromatic rings. The Morgan fingerprint density at radius 3 is 2.61 bits per heavy atom. The summed E-state index contributed by atoms with van der Waals surface area (Å²) in [5, 5.41) is 0. The van der Waals surface area contributed by atoms with Crippen LogP contribution in [0.2, 0.25) is 0 Å². The summed E-state index contributed by atoms with van der Waals surface area (Å²) >= 11 is 0. The maximum Gasteiger partial charge on any atom is 0.410 e. The first kappa shape index (κ1) is 14.5. The van der Waals surface area contributed by atoms with E-state index in [9.17, 15) is 9.59 Å². The first-order valence-corrected chi connectivity index (χ1v) is 6.13. The van der Waals surface area contributed by atoms with E-state index in [4.69, 9.17) is 9.47 Å². The lowest BCUT2D eigenvalue weighted by Gasteiger charge is -2.33. The molecule has 5 nitrogen and oxygen atoms in total. The number of carbonyl (C=O) groups excluding carboxylic acids is 2. The van der Waals surface area contributed by atoms with Gasteiger partial charge in [0.1, 0.15) is 11.7 Å². The summed E-state index contributed by atoms with van der Waals surface area (Å²) in [5.41, 5.74) is -0.512. The lowest BCUT2D eigenvalue weighted by Crippen LogP contribution is -2.45. The molecule has 102 valence electrons. The third-order valence-corrected chi connectivity index (χ3v) is 2.48. The number of amides is 1. The minimum Gasteiger partial charge on any atom is -0.457 e. The van der Waals surface area contributed by atoms with Gasteiger partial charge in [0.15, 0.2) is 0 Å². The summed E-state index contributed by atoms with van der Waals surface area (Å²) in [4.78, 5) is 24.5. The lowest BCUT2D eigenvalue weighted by atomic mass is 10.1. The SMILES string of the molecule is C=CC(=O)O[C@@H]1CCCN(C(=O)OC(C)(C)C)C1. The van der Waals surface area contributed by atoms with E-state index in [1.807, 2.05) is 20.8 Å². The Morgan fingerprint density at radius 1 is 1.39 bits per heavy atom. The normalized spacial score (nSPS) is 20.2. The number of ether oxygens (including phenoxy) is 2. The topological polar surface area (TPSA) is 55.8 Å². The van der Waals surface area contributed by atoms with Crippen LogP contribution in [0, 0.1) is 0 Å². The minimum atomic E-state index is -0.512. The summed E-state index contributed by atoms with van der Waals surface area (Å²) in [6.45, 7) is 9.84. The smallest absolute Gasteiger partial charge is 0.410 e. The lowest BCUT2D eigenvalue weighted by molar-refractivity contribution is -0.145. The van der Waals surface area contributed by atoms with Gasteiger partial charge in [-0.1, -0.05) is 6.58 Å². The van der Waals surface area contributed by atoms with Crippen molar-refractivity contribution in [3.63, 3.8) is 0 Å². The number of carbonyl (C=O) groups is 2. The molecular formula is C13H21NO4. The molecule has 1 aliphatic heterocycles. The van der Waals surface area contributed by atoms with Crippen molar-refractivity contribution < 1.29 is 19.1 Å². The third kappa shape index (κ3) is 4.77. The van der Waals surface area contributed by atoms with Gasteiger partial charge in [0.25, 0.3) is 0 Å². The van der Waals surface area contributed by atoms with Gasteiger partial charge in [-0.3, -0.25) is 0 Å². The van der Waals surface area contributed by atoms with Crippen LogP contribution < -0.4 is 0 Å². The van der Waals surface area contributed by atoms with Gasteiger partial charge in [0, 0.05) is 12.6 Å². The third-order valence-electron chi connectivity index (χ3n) is 2.48. The van der Waals surface area contributed by atoms with Gasteiger partial charge >= 0.3 is 12.1 Å². The van der Waals surface area contributed by atoms with Crippen LogP contribution in [0.4, 0.5) is 4.79 Å². The molecule has 5 heteroatoms. The zero-order valence-corrected chi connectivity index (χ0v) is 11.3. The molecule has 0 aliphatic carbocycles. The van der Waals surface area contributed by atoms with Gasteiger partial charge < -0.3 is 14.4 Å². The Bertz CT molecular complexity index is 332. The predicted octanol–water partition coefficient (Wildman–Crippen LogP) is 2.12. The number of esters is 1. The molecule has 1 rings (SSSR count). The molecule has 1 aliphatic rings. The van der Waals surface area contributed by atoms with E-state index in [0.29, 0.717) is 13.1 Å². The molecule has 1 atom stereocenters. The minimum absolute atomic E-state index is 0.267. The molecule has 1 fully saturated rings. The largest absolute Gasteiger partial charge is 0.457 e. The molecule has 0 N–H and O–H groups in total. The van der Waals surface area contributed by atoms with E-state index in [1.165, 1.54) is 0 Å². The molecular weight excluding hydrogens is 234 g/mol. The zero-order chi connectivity index (χ0) is 13.8. The van der Waals surface area contributed by atoms with Crippen molar-refractivity contribution in [1.29, 1.82) is 0 Å². The van der Waals surface area contributed by atoms with Gasteiger partial charge in [-0.25, -0.2) is 9.59 Å². The summed E-state index contributed by atoms with van der Waals surface area (Å²) in [6.07, 6.45) is 2.07. The average molecular weight is 255 g/mol. The summed E-state index contributed by atoms with van der Waals surface area (Å²) in [7, 11) is 0. The maximum atomic E-state index is 11.9. The van der Waals surface area contributed by atoms with Crippen molar-refractivity contribution in [3.05, 3.63) is 12.7 Å². The van der Waals surface area contributed by atoms with Crippen molar-refractivity contribution >= 4 is 12.1 Å². The van der Waals surface area contributed by atoms with E-state index < -0.39 is 11.6 Å². The monoisotopic (exact) mass is 255 g/mol. The Kier molecular flexibility index (Phi) is 4.76. The molecule has 0 aromatic heterocycles. The fraction of sp³-hybridized carbons (Fsp3) is 0.692. The Balaban J connectivity index is 2.50. The van der Waals surface area contributed by atoms with Crippen LogP contribution in [0.25, 0.3) is 0 Å². The average Bonchev–Trinajstić information content (AvgIpc) is 2.27. The molecule has 0 aromatic carbocycles. The Labute approximate surface area is 108 Å². The van der Waals surface area contributed by atoms with Crippen LogP contribution in [0.3, 0.4) is 0 Å². The van der Waals surface area contributed by atoms with Crippen molar-refractivity contribution in [2.75, 3.05) is 13.1 Å². The second-order valence-corrected chi connectivity index (χ2v) is 5.33. The number of likely N-dealkylation sites (tertiary alicyclic amines) is 1. The number of rotatable bonds is 2. The molecule has 0 bridgehead atoms. The van der Waals surface area contributed by atoms with Crippen molar-refractivity contribution in [1.82, 2.24) is 4.90 Å². The number of hydrogen-bond donors (Lipinski definition) is 0. The van der Waals surface area contributed by atoms with E-state index in [1.54, 1.807) is 4.90 Å². The highest BCUT2D eigenvalue weighted by Gasteiger charge is 2.28. The zero-order valence-electron chi connectivity index (χ0n) is 11.3. The molecule has 1 heterocycles. The van der Waals surface area contributed by atoms with Gasteiger partial charge in [-0.15, -0.1) is 0 Å². The van der Waals surface area contributed by atoms with Gasteiger partial charge in [-0.2, -0.15) is 0 Å². The standard InChI is InChI=1S/C13H21NO4/c1-5-11(15)17-10-7-6-8-14(9-10)12(16)18-13(2,3)4/h5,10H,1,6-9H2,2-4H3/t10-/m1/s1. The van der Waals surface area contributed by atoms with E-state index in [2.05, 4.69) is 6.58 Å². The van der Waals surface area contributed by atoms with Gasteiger partial charge in [0.05, 0.1) is 6.54 Å². The van der Waals surface area contributed by atoms with E-state index in [0.717, 1.165) is 18.9 Å². The molecule has 0 unspecified atom stereocenters. The highest BCUT2D eigenvalue weighted by Crippen LogP contribution is 2.17. The molecule has 0 saturated carbocycles. The second-order valence-electron chi connectivity index (χ2n) is 5.33. The first-order chi connectivity index (χ1) is 8.31. The van der Waals surface area contributed by atoms with Gasteiger partial charge in [0.2, 0.25) is 0 Å². The number of nitrogens with zero attached hydrogens (tertiary/aromatic N) is 1. The first-order valence-electron chi connectivity index (χ1n) is 6.13. The van der Waals surface area contributed by atoms with Crippen LogP contribution in [-0.4, -0.2) is 41.8 Å². The second kappa shape index (κ2) is 5.89. The Hall–Kier alpha value is -1.52.